The van der Waals surface area contributed by atoms with Crippen LogP contribution in [-0.4, -0.2) is 36.6 Å². The van der Waals surface area contributed by atoms with Crippen molar-refractivity contribution in [3.63, 3.8) is 0 Å². The Kier molecular flexibility index (Phi) is 5.87. The average molecular weight is 222 g/mol. The minimum absolute atomic E-state index is 0.654. The van der Waals surface area contributed by atoms with Crippen LogP contribution in [0, 0.1) is 18.3 Å². The van der Waals surface area contributed by atoms with Gasteiger partial charge in [-0.25, -0.2) is 0 Å². The lowest BCUT2D eigenvalue weighted by Crippen LogP contribution is -2.58. The predicted molar refractivity (Wildman–Crippen MR) is 70.3 cm³/mol. The highest BCUT2D eigenvalue weighted by molar-refractivity contribution is 4.91. The Morgan fingerprint density at radius 3 is 2.81 bits per heavy atom. The molecule has 92 valence electrons. The zero-order valence-electron chi connectivity index (χ0n) is 11.0. The van der Waals surface area contributed by atoms with Crippen LogP contribution in [0.4, 0.5) is 0 Å². The Bertz CT molecular complexity index is 229. The highest BCUT2D eigenvalue weighted by atomic mass is 15.2. The second kappa shape index (κ2) is 6.93. The lowest BCUT2D eigenvalue weighted by atomic mass is 9.97. The SMILES string of the molecule is C#CCCN1CC(CCC)NCC1C(C)C. The number of piperazine rings is 1. The van der Waals surface area contributed by atoms with E-state index in [4.69, 9.17) is 6.42 Å². The van der Waals surface area contributed by atoms with Gasteiger partial charge in [0, 0.05) is 38.1 Å². The van der Waals surface area contributed by atoms with Crippen molar-refractivity contribution in [3.05, 3.63) is 0 Å². The van der Waals surface area contributed by atoms with Crippen molar-refractivity contribution in [2.24, 2.45) is 5.92 Å². The van der Waals surface area contributed by atoms with Gasteiger partial charge in [0.15, 0.2) is 0 Å². The van der Waals surface area contributed by atoms with Gasteiger partial charge in [-0.3, -0.25) is 4.90 Å². The molecule has 1 aliphatic heterocycles. The van der Waals surface area contributed by atoms with Crippen LogP contribution in [0.25, 0.3) is 0 Å². The second-order valence-corrected chi connectivity index (χ2v) is 5.15. The minimum atomic E-state index is 0.654. The van der Waals surface area contributed by atoms with Crippen molar-refractivity contribution in [2.75, 3.05) is 19.6 Å². The summed E-state index contributed by atoms with van der Waals surface area (Å²) in [6, 6.07) is 1.32. The minimum Gasteiger partial charge on any atom is -0.311 e. The first-order valence-electron chi connectivity index (χ1n) is 6.59. The fourth-order valence-corrected chi connectivity index (χ4v) is 2.56. The van der Waals surface area contributed by atoms with Gasteiger partial charge in [0.1, 0.15) is 0 Å². The van der Waals surface area contributed by atoms with Gasteiger partial charge in [0.25, 0.3) is 0 Å². The van der Waals surface area contributed by atoms with Crippen LogP contribution < -0.4 is 5.32 Å². The summed E-state index contributed by atoms with van der Waals surface area (Å²) in [7, 11) is 0. The third kappa shape index (κ3) is 3.81. The summed E-state index contributed by atoms with van der Waals surface area (Å²) >= 11 is 0. The Balaban J connectivity index is 2.51. The number of nitrogens with one attached hydrogen (secondary N) is 1. The largest absolute Gasteiger partial charge is 0.311 e. The van der Waals surface area contributed by atoms with Crippen molar-refractivity contribution >= 4 is 0 Å². The maximum Gasteiger partial charge on any atom is 0.0244 e. The summed E-state index contributed by atoms with van der Waals surface area (Å²) in [6.45, 7) is 10.2. The highest BCUT2D eigenvalue weighted by Gasteiger charge is 2.28. The third-order valence-corrected chi connectivity index (χ3v) is 3.49. The molecule has 0 amide bonds. The molecule has 1 rings (SSSR count). The molecule has 0 radical (unpaired) electrons. The van der Waals surface area contributed by atoms with Crippen LogP contribution in [0.3, 0.4) is 0 Å². The van der Waals surface area contributed by atoms with Gasteiger partial charge in [-0.05, 0) is 12.3 Å². The first-order chi connectivity index (χ1) is 7.69. The number of hydrogen-bond donors (Lipinski definition) is 1. The molecule has 0 spiro atoms. The van der Waals surface area contributed by atoms with E-state index in [2.05, 4.69) is 36.9 Å². The van der Waals surface area contributed by atoms with Crippen LogP contribution in [0.1, 0.15) is 40.0 Å². The quantitative estimate of drug-likeness (QED) is 0.717. The van der Waals surface area contributed by atoms with E-state index in [9.17, 15) is 0 Å². The summed E-state index contributed by atoms with van der Waals surface area (Å²) in [5, 5.41) is 3.66. The van der Waals surface area contributed by atoms with Gasteiger partial charge < -0.3 is 5.32 Å². The zero-order chi connectivity index (χ0) is 12.0. The lowest BCUT2D eigenvalue weighted by Gasteiger charge is -2.42. The van der Waals surface area contributed by atoms with Gasteiger partial charge in [-0.15, -0.1) is 12.3 Å². The van der Waals surface area contributed by atoms with Crippen molar-refractivity contribution in [3.8, 4) is 12.3 Å². The highest BCUT2D eigenvalue weighted by Crippen LogP contribution is 2.17. The van der Waals surface area contributed by atoms with E-state index in [-0.39, 0.29) is 0 Å². The molecule has 2 unspecified atom stereocenters. The molecule has 0 aliphatic carbocycles. The van der Waals surface area contributed by atoms with E-state index < -0.39 is 0 Å². The van der Waals surface area contributed by atoms with Crippen molar-refractivity contribution in [1.29, 1.82) is 0 Å². The Morgan fingerprint density at radius 2 is 2.25 bits per heavy atom. The van der Waals surface area contributed by atoms with Gasteiger partial charge >= 0.3 is 0 Å². The van der Waals surface area contributed by atoms with Crippen LogP contribution in [0.5, 0.6) is 0 Å². The second-order valence-electron chi connectivity index (χ2n) is 5.15. The van der Waals surface area contributed by atoms with Crippen LogP contribution in [0.15, 0.2) is 0 Å². The van der Waals surface area contributed by atoms with E-state index >= 15 is 0 Å². The van der Waals surface area contributed by atoms with E-state index in [1.54, 1.807) is 0 Å². The summed E-state index contributed by atoms with van der Waals surface area (Å²) in [5.41, 5.74) is 0. The van der Waals surface area contributed by atoms with Crippen molar-refractivity contribution < 1.29 is 0 Å². The maximum absolute atomic E-state index is 5.37. The molecule has 2 nitrogen and oxygen atoms in total. The lowest BCUT2D eigenvalue weighted by molar-refractivity contribution is 0.0982. The van der Waals surface area contributed by atoms with E-state index in [0.717, 1.165) is 19.5 Å². The third-order valence-electron chi connectivity index (χ3n) is 3.49. The molecule has 0 aromatic heterocycles. The molecule has 0 aromatic carbocycles. The molecular formula is C14H26N2. The molecule has 2 atom stereocenters. The molecule has 1 N–H and O–H groups in total. The average Bonchev–Trinajstić information content (AvgIpc) is 2.26. The molecule has 0 aromatic rings. The van der Waals surface area contributed by atoms with Gasteiger partial charge in [-0.1, -0.05) is 27.2 Å². The smallest absolute Gasteiger partial charge is 0.0244 e. The topological polar surface area (TPSA) is 15.3 Å². The Morgan fingerprint density at radius 1 is 1.50 bits per heavy atom. The fraction of sp³-hybridized carbons (Fsp3) is 0.857. The van der Waals surface area contributed by atoms with Gasteiger partial charge in [0.05, 0.1) is 0 Å². The van der Waals surface area contributed by atoms with Crippen molar-refractivity contribution in [1.82, 2.24) is 10.2 Å². The first-order valence-corrected chi connectivity index (χ1v) is 6.59. The van der Waals surface area contributed by atoms with Gasteiger partial charge in [-0.2, -0.15) is 0 Å². The fourth-order valence-electron chi connectivity index (χ4n) is 2.56. The normalized spacial score (nSPS) is 26.9. The molecule has 16 heavy (non-hydrogen) atoms. The zero-order valence-corrected chi connectivity index (χ0v) is 11.0. The number of nitrogens with zero attached hydrogens (tertiary/aromatic N) is 1. The standard InChI is InChI=1S/C14H26N2/c1-5-7-9-16-11-13(8-6-2)15-10-14(16)12(3)4/h1,12-15H,6-11H2,2-4H3. The van der Waals surface area contributed by atoms with Gasteiger partial charge in [0.2, 0.25) is 0 Å². The predicted octanol–water partition coefficient (Wildman–Crippen LogP) is 2.11. The molecule has 1 aliphatic rings. The van der Waals surface area contributed by atoms with E-state index in [1.165, 1.54) is 19.4 Å². The molecule has 1 saturated heterocycles. The summed E-state index contributed by atoms with van der Waals surface area (Å²) in [6.07, 6.45) is 8.78. The number of terminal acetylenes is 1. The van der Waals surface area contributed by atoms with Crippen LogP contribution in [0.2, 0.25) is 0 Å². The van der Waals surface area contributed by atoms with E-state index in [0.29, 0.717) is 18.0 Å². The number of rotatable bonds is 5. The summed E-state index contributed by atoms with van der Waals surface area (Å²) < 4.78 is 0. The molecule has 1 fully saturated rings. The first kappa shape index (κ1) is 13.5. The maximum atomic E-state index is 5.37. The molecule has 0 saturated carbocycles. The Hall–Kier alpha value is -0.520. The summed E-state index contributed by atoms with van der Waals surface area (Å²) in [4.78, 5) is 2.58. The Labute approximate surface area is 101 Å². The van der Waals surface area contributed by atoms with Crippen molar-refractivity contribution in [2.45, 2.75) is 52.1 Å². The molecule has 1 heterocycles. The number of hydrogen-bond acceptors (Lipinski definition) is 2. The molecule has 0 bridgehead atoms. The monoisotopic (exact) mass is 222 g/mol. The summed E-state index contributed by atoms with van der Waals surface area (Å²) in [5.74, 6) is 3.46. The van der Waals surface area contributed by atoms with E-state index in [1.807, 2.05) is 0 Å². The van der Waals surface area contributed by atoms with Crippen LogP contribution >= 0.6 is 0 Å². The molecular weight excluding hydrogens is 196 g/mol. The molecule has 2 heteroatoms. The van der Waals surface area contributed by atoms with Crippen LogP contribution in [-0.2, 0) is 0 Å².